The van der Waals surface area contributed by atoms with Gasteiger partial charge in [-0.1, -0.05) is 42.1 Å². The molecule has 0 unspecified atom stereocenters. The first-order valence-electron chi connectivity index (χ1n) is 6.52. The molecule has 108 valence electrons. The third-order valence-corrected chi connectivity index (χ3v) is 4.17. The smallest absolute Gasteiger partial charge is 0.205 e. The Labute approximate surface area is 126 Å². The molecule has 1 N–H and O–H groups in total. The monoisotopic (exact) mass is 301 g/mol. The maximum absolute atomic E-state index is 9.15. The van der Waals surface area contributed by atoms with Gasteiger partial charge in [0.2, 0.25) is 5.89 Å². The molecule has 0 spiro atoms. The number of nitrogens with zero attached hydrogens (tertiary/aromatic N) is 3. The number of hydrogen-bond acceptors (Lipinski definition) is 5. The molecule has 0 saturated heterocycles. The van der Waals surface area contributed by atoms with Crippen molar-refractivity contribution in [2.45, 2.75) is 17.5 Å². The predicted octanol–water partition coefficient (Wildman–Crippen LogP) is 2.86. The maximum atomic E-state index is 9.15. The molecular weight excluding hydrogens is 286 g/mol. The van der Waals surface area contributed by atoms with E-state index in [0.29, 0.717) is 11.6 Å². The van der Waals surface area contributed by atoms with E-state index in [9.17, 15) is 0 Å². The Bertz CT molecular complexity index is 722. The van der Waals surface area contributed by atoms with Gasteiger partial charge in [-0.2, -0.15) is 0 Å². The molecule has 1 aromatic carbocycles. The summed E-state index contributed by atoms with van der Waals surface area (Å²) in [4.78, 5) is 8.55. The number of aromatic nitrogens is 3. The summed E-state index contributed by atoms with van der Waals surface area (Å²) in [5.74, 6) is 2.03. The van der Waals surface area contributed by atoms with Crippen molar-refractivity contribution >= 4 is 11.8 Å². The molecule has 0 radical (unpaired) electrons. The zero-order valence-corrected chi connectivity index (χ0v) is 12.4. The largest absolute Gasteiger partial charge is 0.440 e. The second-order valence-corrected chi connectivity index (χ2v) is 5.46. The topological polar surface area (TPSA) is 64.1 Å². The van der Waals surface area contributed by atoms with Crippen molar-refractivity contribution in [3.05, 3.63) is 54.3 Å². The van der Waals surface area contributed by atoms with Gasteiger partial charge in [-0.3, -0.25) is 0 Å². The van der Waals surface area contributed by atoms with Gasteiger partial charge in [0.15, 0.2) is 10.9 Å². The maximum Gasteiger partial charge on any atom is 0.205 e. The zero-order chi connectivity index (χ0) is 14.7. The molecule has 0 atom stereocenters. The molecule has 0 aliphatic carbocycles. The summed E-state index contributed by atoms with van der Waals surface area (Å²) in [7, 11) is 1.88. The van der Waals surface area contributed by atoms with Gasteiger partial charge in [-0.25, -0.2) is 9.97 Å². The Morgan fingerprint density at radius 2 is 2.00 bits per heavy atom. The van der Waals surface area contributed by atoms with Crippen LogP contribution in [0.25, 0.3) is 11.3 Å². The second kappa shape index (κ2) is 6.15. The van der Waals surface area contributed by atoms with Gasteiger partial charge in [-0.05, 0) is 0 Å². The summed E-state index contributed by atoms with van der Waals surface area (Å²) in [5, 5.41) is 9.98. The SMILES string of the molecule is Cn1c(CO)cnc1SCc1ncc(-c2ccccc2)o1. The molecule has 2 heterocycles. The zero-order valence-electron chi connectivity index (χ0n) is 11.6. The van der Waals surface area contributed by atoms with E-state index < -0.39 is 0 Å². The normalized spacial score (nSPS) is 11.0. The minimum Gasteiger partial charge on any atom is -0.440 e. The van der Waals surface area contributed by atoms with Gasteiger partial charge >= 0.3 is 0 Å². The molecule has 3 aromatic rings. The lowest BCUT2D eigenvalue weighted by atomic mass is 10.2. The van der Waals surface area contributed by atoms with Crippen molar-refractivity contribution in [3.8, 4) is 11.3 Å². The molecule has 0 amide bonds. The molecule has 0 aliphatic heterocycles. The number of rotatable bonds is 5. The average Bonchev–Trinajstić information content (AvgIpc) is 3.13. The van der Waals surface area contributed by atoms with Crippen molar-refractivity contribution in [2.24, 2.45) is 7.05 Å². The predicted molar refractivity (Wildman–Crippen MR) is 80.6 cm³/mol. The van der Waals surface area contributed by atoms with Gasteiger partial charge in [0.1, 0.15) is 0 Å². The molecule has 0 saturated carbocycles. The summed E-state index contributed by atoms with van der Waals surface area (Å²) in [6.45, 7) is -0.0127. The van der Waals surface area contributed by atoms with Crippen LogP contribution in [0.1, 0.15) is 11.6 Å². The fraction of sp³-hybridized carbons (Fsp3) is 0.200. The van der Waals surface area contributed by atoms with Crippen LogP contribution in [0.5, 0.6) is 0 Å². The van der Waals surface area contributed by atoms with E-state index in [1.54, 1.807) is 12.4 Å². The van der Waals surface area contributed by atoms with E-state index >= 15 is 0 Å². The standard InChI is InChI=1S/C15H15N3O2S/c1-18-12(9-19)7-17-15(18)21-10-14-16-8-13(20-14)11-5-3-2-4-6-11/h2-8,19H,9-10H2,1H3. The molecule has 5 nitrogen and oxygen atoms in total. The van der Waals surface area contributed by atoms with E-state index in [4.69, 9.17) is 9.52 Å². The summed E-state index contributed by atoms with van der Waals surface area (Å²) < 4.78 is 7.61. The Morgan fingerprint density at radius 1 is 1.19 bits per heavy atom. The Kier molecular flexibility index (Phi) is 4.08. The second-order valence-electron chi connectivity index (χ2n) is 4.52. The van der Waals surface area contributed by atoms with Crippen molar-refractivity contribution < 1.29 is 9.52 Å². The van der Waals surface area contributed by atoms with Crippen LogP contribution in [-0.2, 0) is 19.4 Å². The van der Waals surface area contributed by atoms with Gasteiger partial charge in [-0.15, -0.1) is 0 Å². The summed E-state index contributed by atoms with van der Waals surface area (Å²) >= 11 is 1.53. The first-order valence-corrected chi connectivity index (χ1v) is 7.51. The summed E-state index contributed by atoms with van der Waals surface area (Å²) in [6.07, 6.45) is 3.41. The Morgan fingerprint density at radius 3 is 2.71 bits per heavy atom. The van der Waals surface area contributed by atoms with Crippen molar-refractivity contribution in [1.29, 1.82) is 0 Å². The Hall–Kier alpha value is -2.05. The highest BCUT2D eigenvalue weighted by atomic mass is 32.2. The number of thioether (sulfide) groups is 1. The van der Waals surface area contributed by atoms with Crippen molar-refractivity contribution in [3.63, 3.8) is 0 Å². The third kappa shape index (κ3) is 3.01. The van der Waals surface area contributed by atoms with Gasteiger partial charge in [0.05, 0.1) is 30.4 Å². The highest BCUT2D eigenvalue weighted by molar-refractivity contribution is 7.98. The van der Waals surface area contributed by atoms with Crippen LogP contribution in [0, 0.1) is 0 Å². The van der Waals surface area contributed by atoms with E-state index in [2.05, 4.69) is 9.97 Å². The van der Waals surface area contributed by atoms with Crippen LogP contribution in [0.4, 0.5) is 0 Å². The van der Waals surface area contributed by atoms with Crippen molar-refractivity contribution in [1.82, 2.24) is 14.5 Å². The molecule has 0 fully saturated rings. The fourth-order valence-corrected chi connectivity index (χ4v) is 2.77. The van der Waals surface area contributed by atoms with Crippen LogP contribution in [0.2, 0.25) is 0 Å². The minimum absolute atomic E-state index is 0.0127. The summed E-state index contributed by atoms with van der Waals surface area (Å²) in [6, 6.07) is 9.89. The number of aliphatic hydroxyl groups is 1. The van der Waals surface area contributed by atoms with Crippen LogP contribution in [0.15, 0.2) is 52.3 Å². The molecule has 21 heavy (non-hydrogen) atoms. The molecular formula is C15H15N3O2S. The van der Waals surface area contributed by atoms with Crippen LogP contribution in [-0.4, -0.2) is 19.6 Å². The molecule has 0 bridgehead atoms. The average molecular weight is 301 g/mol. The number of hydrogen-bond donors (Lipinski definition) is 1. The lowest BCUT2D eigenvalue weighted by molar-refractivity contribution is 0.271. The van der Waals surface area contributed by atoms with Crippen molar-refractivity contribution in [2.75, 3.05) is 0 Å². The summed E-state index contributed by atoms with van der Waals surface area (Å²) in [5.41, 5.74) is 1.80. The van der Waals surface area contributed by atoms with E-state index in [0.717, 1.165) is 22.2 Å². The lowest BCUT2D eigenvalue weighted by Crippen LogP contribution is -1.97. The van der Waals surface area contributed by atoms with Crippen LogP contribution in [0.3, 0.4) is 0 Å². The first-order chi connectivity index (χ1) is 10.3. The molecule has 2 aromatic heterocycles. The number of imidazole rings is 1. The third-order valence-electron chi connectivity index (χ3n) is 3.14. The van der Waals surface area contributed by atoms with Gasteiger partial charge in [0, 0.05) is 12.6 Å². The van der Waals surface area contributed by atoms with Gasteiger partial charge < -0.3 is 14.1 Å². The molecule has 3 rings (SSSR count). The van der Waals surface area contributed by atoms with E-state index in [1.807, 2.05) is 41.9 Å². The number of aliphatic hydroxyl groups excluding tert-OH is 1. The molecule has 6 heteroatoms. The minimum atomic E-state index is -0.0127. The van der Waals surface area contributed by atoms with Crippen LogP contribution < -0.4 is 0 Å². The van der Waals surface area contributed by atoms with E-state index in [-0.39, 0.29) is 6.61 Å². The van der Waals surface area contributed by atoms with Crippen LogP contribution >= 0.6 is 11.8 Å². The number of benzene rings is 1. The quantitative estimate of drug-likeness (QED) is 0.734. The highest BCUT2D eigenvalue weighted by Gasteiger charge is 2.10. The van der Waals surface area contributed by atoms with E-state index in [1.165, 1.54) is 11.8 Å². The highest BCUT2D eigenvalue weighted by Crippen LogP contribution is 2.25. The fourth-order valence-electron chi connectivity index (χ4n) is 1.95. The molecule has 0 aliphatic rings. The lowest BCUT2D eigenvalue weighted by Gasteiger charge is -2.02. The number of oxazole rings is 1. The first kappa shape index (κ1) is 13.9. The van der Waals surface area contributed by atoms with Gasteiger partial charge in [0.25, 0.3) is 0 Å². The Balaban J connectivity index is 1.69.